The summed E-state index contributed by atoms with van der Waals surface area (Å²) in [7, 11) is -0.622. The molecule has 2 nitrogen and oxygen atoms in total. The van der Waals surface area contributed by atoms with E-state index in [2.05, 4.69) is 12.2 Å². The molecule has 0 amide bonds. The van der Waals surface area contributed by atoms with Gasteiger partial charge >= 0.3 is 0 Å². The maximum absolute atomic E-state index is 11.4. The van der Waals surface area contributed by atoms with Crippen LogP contribution in [-0.4, -0.2) is 27.3 Å². The molecule has 3 heteroatoms. The molecule has 60 valence electrons. The minimum atomic E-state index is -0.622. The van der Waals surface area contributed by atoms with Crippen LogP contribution in [0, 0.1) is 0 Å². The number of nitrogens with one attached hydrogen (secondary N) is 1. The summed E-state index contributed by atoms with van der Waals surface area (Å²) in [6, 6.07) is 0.414. The normalized spacial score (nSPS) is 49.1. The lowest BCUT2D eigenvalue weighted by Crippen LogP contribution is -2.50. The SMILES string of the molecule is CC1NCC(C)S(=O)C1C. The van der Waals surface area contributed by atoms with E-state index >= 15 is 0 Å². The summed E-state index contributed by atoms with van der Waals surface area (Å²) in [6.45, 7) is 7.07. The van der Waals surface area contributed by atoms with Gasteiger partial charge in [-0.1, -0.05) is 0 Å². The molecule has 0 aliphatic carbocycles. The van der Waals surface area contributed by atoms with Crippen LogP contribution < -0.4 is 5.32 Å². The molecule has 0 aromatic carbocycles. The Morgan fingerprint density at radius 2 is 2.00 bits per heavy atom. The Morgan fingerprint density at radius 1 is 1.40 bits per heavy atom. The predicted molar refractivity (Wildman–Crippen MR) is 44.5 cm³/mol. The smallest absolute Gasteiger partial charge is 0.0473 e. The van der Waals surface area contributed by atoms with Crippen molar-refractivity contribution in [3.05, 3.63) is 0 Å². The van der Waals surface area contributed by atoms with Gasteiger partial charge < -0.3 is 5.32 Å². The lowest BCUT2D eigenvalue weighted by Gasteiger charge is -2.30. The third-order valence-electron chi connectivity index (χ3n) is 2.19. The molecular formula is C7H15NOS. The maximum Gasteiger partial charge on any atom is 0.0473 e. The minimum Gasteiger partial charge on any atom is -0.312 e. The van der Waals surface area contributed by atoms with Crippen LogP contribution in [0.25, 0.3) is 0 Å². The molecule has 0 bridgehead atoms. The number of rotatable bonds is 0. The molecule has 1 saturated heterocycles. The number of hydrogen-bond donors (Lipinski definition) is 1. The fourth-order valence-corrected chi connectivity index (χ4v) is 2.66. The van der Waals surface area contributed by atoms with Crippen molar-refractivity contribution in [3.8, 4) is 0 Å². The average molecular weight is 161 g/mol. The summed E-state index contributed by atoms with van der Waals surface area (Å²) in [5, 5.41) is 3.95. The summed E-state index contributed by atoms with van der Waals surface area (Å²) in [5.41, 5.74) is 0. The van der Waals surface area contributed by atoms with Crippen molar-refractivity contribution in [2.75, 3.05) is 6.54 Å². The van der Waals surface area contributed by atoms with Gasteiger partial charge in [0.05, 0.1) is 0 Å². The largest absolute Gasteiger partial charge is 0.312 e. The first-order valence-electron chi connectivity index (χ1n) is 3.75. The van der Waals surface area contributed by atoms with Gasteiger partial charge in [0.1, 0.15) is 0 Å². The quantitative estimate of drug-likeness (QED) is 0.560. The summed E-state index contributed by atoms with van der Waals surface area (Å²) >= 11 is 0. The standard InChI is InChI=1S/C7H15NOS/c1-5-4-8-6(2)7(3)10(5)9/h5-8H,4H2,1-3H3. The van der Waals surface area contributed by atoms with E-state index < -0.39 is 10.8 Å². The van der Waals surface area contributed by atoms with E-state index in [1.165, 1.54) is 0 Å². The topological polar surface area (TPSA) is 29.1 Å². The van der Waals surface area contributed by atoms with E-state index in [1.807, 2.05) is 13.8 Å². The van der Waals surface area contributed by atoms with Crippen LogP contribution in [0.3, 0.4) is 0 Å². The lowest BCUT2D eigenvalue weighted by atomic mass is 10.2. The zero-order valence-electron chi connectivity index (χ0n) is 6.76. The molecule has 4 atom stereocenters. The Labute approximate surface area is 64.8 Å². The molecule has 0 aromatic rings. The minimum absolute atomic E-state index is 0.309. The Hall–Kier alpha value is 0.110. The molecule has 4 unspecified atom stereocenters. The van der Waals surface area contributed by atoms with Crippen molar-refractivity contribution in [2.24, 2.45) is 0 Å². The summed E-state index contributed by atoms with van der Waals surface area (Å²) in [5.74, 6) is 0. The van der Waals surface area contributed by atoms with Crippen LogP contribution >= 0.6 is 0 Å². The van der Waals surface area contributed by atoms with Crippen LogP contribution in [0.2, 0.25) is 0 Å². The van der Waals surface area contributed by atoms with Crippen LogP contribution in [-0.2, 0) is 10.8 Å². The molecular weight excluding hydrogens is 146 g/mol. The molecule has 1 rings (SSSR count). The van der Waals surface area contributed by atoms with Gasteiger partial charge in [0.15, 0.2) is 0 Å². The van der Waals surface area contributed by atoms with Gasteiger partial charge in [0.25, 0.3) is 0 Å². The Balaban J connectivity index is 2.60. The van der Waals surface area contributed by atoms with Crippen LogP contribution in [0.1, 0.15) is 20.8 Å². The molecule has 0 saturated carbocycles. The summed E-state index contributed by atoms with van der Waals surface area (Å²) in [6.07, 6.45) is 0. The van der Waals surface area contributed by atoms with Crippen molar-refractivity contribution in [1.82, 2.24) is 5.32 Å². The fraction of sp³-hybridized carbons (Fsp3) is 1.00. The van der Waals surface area contributed by atoms with Crippen molar-refractivity contribution >= 4 is 10.8 Å². The van der Waals surface area contributed by atoms with Crippen LogP contribution in [0.15, 0.2) is 0 Å². The van der Waals surface area contributed by atoms with E-state index in [0.717, 1.165) is 6.54 Å². The highest BCUT2D eigenvalue weighted by molar-refractivity contribution is 7.86. The number of hydrogen-bond acceptors (Lipinski definition) is 2. The van der Waals surface area contributed by atoms with Crippen molar-refractivity contribution in [3.63, 3.8) is 0 Å². The fourth-order valence-electron chi connectivity index (χ4n) is 1.17. The van der Waals surface area contributed by atoms with Crippen LogP contribution in [0.5, 0.6) is 0 Å². The zero-order valence-corrected chi connectivity index (χ0v) is 7.57. The van der Waals surface area contributed by atoms with Gasteiger partial charge in [-0.15, -0.1) is 0 Å². The van der Waals surface area contributed by atoms with Gasteiger partial charge in [-0.05, 0) is 20.8 Å². The highest BCUT2D eigenvalue weighted by atomic mass is 32.2. The Bertz CT molecular complexity index is 149. The Kier molecular flexibility index (Phi) is 2.47. The van der Waals surface area contributed by atoms with E-state index in [-0.39, 0.29) is 0 Å². The van der Waals surface area contributed by atoms with Crippen molar-refractivity contribution in [1.29, 1.82) is 0 Å². The first kappa shape index (κ1) is 8.21. The molecule has 1 N–H and O–H groups in total. The first-order chi connectivity index (χ1) is 4.63. The van der Waals surface area contributed by atoms with E-state index in [0.29, 0.717) is 16.5 Å². The molecule has 1 heterocycles. The third kappa shape index (κ3) is 1.40. The molecule has 0 aromatic heterocycles. The molecule has 1 fully saturated rings. The predicted octanol–water partition coefficient (Wildman–Crippen LogP) is 0.504. The van der Waals surface area contributed by atoms with Gasteiger partial charge in [-0.25, -0.2) is 0 Å². The maximum atomic E-state index is 11.4. The van der Waals surface area contributed by atoms with Crippen LogP contribution in [0.4, 0.5) is 0 Å². The second-order valence-electron chi connectivity index (χ2n) is 3.04. The molecule has 1 aliphatic rings. The highest BCUT2D eigenvalue weighted by Gasteiger charge is 2.27. The highest BCUT2D eigenvalue weighted by Crippen LogP contribution is 2.12. The second kappa shape index (κ2) is 3.01. The van der Waals surface area contributed by atoms with E-state index in [4.69, 9.17) is 0 Å². The summed E-state index contributed by atoms with van der Waals surface area (Å²) in [4.78, 5) is 0. The Morgan fingerprint density at radius 3 is 2.50 bits per heavy atom. The monoisotopic (exact) mass is 161 g/mol. The van der Waals surface area contributed by atoms with Gasteiger partial charge in [0.2, 0.25) is 0 Å². The average Bonchev–Trinajstić information content (AvgIpc) is 1.93. The summed E-state index contributed by atoms with van der Waals surface area (Å²) < 4.78 is 11.4. The second-order valence-corrected chi connectivity index (χ2v) is 5.25. The van der Waals surface area contributed by atoms with Gasteiger partial charge in [-0.3, -0.25) is 4.21 Å². The first-order valence-corrected chi connectivity index (χ1v) is 5.03. The molecule has 1 aliphatic heterocycles. The van der Waals surface area contributed by atoms with E-state index in [9.17, 15) is 4.21 Å². The lowest BCUT2D eigenvalue weighted by molar-refractivity contribution is 0.501. The molecule has 0 spiro atoms. The third-order valence-corrected chi connectivity index (χ3v) is 4.30. The van der Waals surface area contributed by atoms with Gasteiger partial charge in [0, 0.05) is 33.9 Å². The van der Waals surface area contributed by atoms with Crippen molar-refractivity contribution in [2.45, 2.75) is 37.3 Å². The van der Waals surface area contributed by atoms with Crippen molar-refractivity contribution < 1.29 is 4.21 Å². The van der Waals surface area contributed by atoms with Gasteiger partial charge in [-0.2, -0.15) is 0 Å². The zero-order chi connectivity index (χ0) is 7.72. The van der Waals surface area contributed by atoms with E-state index in [1.54, 1.807) is 0 Å². The molecule has 10 heavy (non-hydrogen) atoms. The molecule has 0 radical (unpaired) electrons.